The molecule has 3 nitrogen and oxygen atoms in total. The van der Waals surface area contributed by atoms with Crippen LogP contribution in [0.2, 0.25) is 0 Å². The Morgan fingerprint density at radius 1 is 1.37 bits per heavy atom. The fourth-order valence-electron chi connectivity index (χ4n) is 2.44. The van der Waals surface area contributed by atoms with Gasteiger partial charge in [0, 0.05) is 30.9 Å². The molecule has 19 heavy (non-hydrogen) atoms. The summed E-state index contributed by atoms with van der Waals surface area (Å²) in [4.78, 5) is 8.77. The van der Waals surface area contributed by atoms with E-state index in [1.54, 1.807) is 0 Å². The van der Waals surface area contributed by atoms with Gasteiger partial charge in [0.1, 0.15) is 5.01 Å². The second-order valence-electron chi connectivity index (χ2n) is 7.14. The molecular formula is C15H27N3S. The number of aromatic nitrogens is 1. The third-order valence-electron chi connectivity index (χ3n) is 3.65. The van der Waals surface area contributed by atoms with E-state index in [-0.39, 0.29) is 11.5 Å². The highest BCUT2D eigenvalue weighted by atomic mass is 32.1. The number of rotatable bonds is 3. The van der Waals surface area contributed by atoms with Crippen molar-refractivity contribution < 1.29 is 0 Å². The molecule has 108 valence electrons. The van der Waals surface area contributed by atoms with Gasteiger partial charge in [-0.1, -0.05) is 34.6 Å². The molecule has 0 fully saturated rings. The first-order chi connectivity index (χ1) is 8.77. The predicted molar refractivity (Wildman–Crippen MR) is 82.3 cm³/mol. The van der Waals surface area contributed by atoms with E-state index in [0.29, 0.717) is 0 Å². The molecule has 1 aromatic heterocycles. The lowest BCUT2D eigenvalue weighted by molar-refractivity contribution is 0.228. The van der Waals surface area contributed by atoms with Gasteiger partial charge in [-0.15, -0.1) is 11.3 Å². The van der Waals surface area contributed by atoms with E-state index in [4.69, 9.17) is 10.7 Å². The van der Waals surface area contributed by atoms with E-state index in [9.17, 15) is 0 Å². The van der Waals surface area contributed by atoms with Gasteiger partial charge in [0.05, 0.1) is 11.7 Å². The van der Waals surface area contributed by atoms with Gasteiger partial charge in [-0.3, -0.25) is 4.90 Å². The minimum atomic E-state index is 0.0432. The third-order valence-corrected chi connectivity index (χ3v) is 4.81. The van der Waals surface area contributed by atoms with Crippen LogP contribution in [0.1, 0.15) is 56.2 Å². The van der Waals surface area contributed by atoms with Crippen molar-refractivity contribution >= 4 is 11.3 Å². The van der Waals surface area contributed by atoms with E-state index in [1.807, 2.05) is 11.3 Å². The number of nitrogens with zero attached hydrogens (tertiary/aromatic N) is 2. The van der Waals surface area contributed by atoms with Crippen molar-refractivity contribution in [3.8, 4) is 0 Å². The SMILES string of the molecule is CC(C)CN1CCc2nc(C(N)C(C)(C)C)sc2C1. The number of hydrogen-bond acceptors (Lipinski definition) is 4. The Morgan fingerprint density at radius 2 is 2.05 bits per heavy atom. The third kappa shape index (κ3) is 3.56. The Balaban J connectivity index is 2.12. The molecule has 0 amide bonds. The summed E-state index contributed by atoms with van der Waals surface area (Å²) in [5.74, 6) is 0.728. The molecule has 0 aliphatic carbocycles. The van der Waals surface area contributed by atoms with Gasteiger partial charge in [0.15, 0.2) is 0 Å². The van der Waals surface area contributed by atoms with Crippen molar-refractivity contribution in [2.45, 2.75) is 53.6 Å². The summed E-state index contributed by atoms with van der Waals surface area (Å²) in [6, 6.07) is 0.0432. The molecule has 0 aromatic carbocycles. The summed E-state index contributed by atoms with van der Waals surface area (Å²) >= 11 is 1.82. The number of thiazole rings is 1. The highest BCUT2D eigenvalue weighted by Gasteiger charge is 2.28. The van der Waals surface area contributed by atoms with Gasteiger partial charge < -0.3 is 5.73 Å². The maximum atomic E-state index is 6.33. The van der Waals surface area contributed by atoms with Crippen LogP contribution in [-0.2, 0) is 13.0 Å². The molecule has 1 aromatic rings. The second-order valence-corrected chi connectivity index (χ2v) is 8.26. The molecule has 1 unspecified atom stereocenters. The Bertz CT molecular complexity index is 431. The van der Waals surface area contributed by atoms with Gasteiger partial charge in [-0.25, -0.2) is 4.98 Å². The summed E-state index contributed by atoms with van der Waals surface area (Å²) in [5, 5.41) is 1.11. The van der Waals surface area contributed by atoms with E-state index < -0.39 is 0 Å². The Kier molecular flexibility index (Phi) is 4.33. The van der Waals surface area contributed by atoms with Crippen LogP contribution in [0.3, 0.4) is 0 Å². The predicted octanol–water partition coefficient (Wildman–Crippen LogP) is 3.20. The first kappa shape index (κ1) is 14.9. The van der Waals surface area contributed by atoms with E-state index in [2.05, 4.69) is 39.5 Å². The summed E-state index contributed by atoms with van der Waals surface area (Å²) in [5.41, 5.74) is 7.71. The topological polar surface area (TPSA) is 42.2 Å². The van der Waals surface area contributed by atoms with Crippen LogP contribution in [0.4, 0.5) is 0 Å². The van der Waals surface area contributed by atoms with Crippen molar-refractivity contribution in [2.75, 3.05) is 13.1 Å². The summed E-state index contributed by atoms with van der Waals surface area (Å²) in [6.45, 7) is 14.5. The van der Waals surface area contributed by atoms with Gasteiger partial charge in [0.25, 0.3) is 0 Å². The Hall–Kier alpha value is -0.450. The molecule has 4 heteroatoms. The summed E-state index contributed by atoms with van der Waals surface area (Å²) in [6.07, 6.45) is 1.08. The van der Waals surface area contributed by atoms with Crippen LogP contribution >= 0.6 is 11.3 Å². The lowest BCUT2D eigenvalue weighted by atomic mass is 9.88. The van der Waals surface area contributed by atoms with Gasteiger partial charge in [0.2, 0.25) is 0 Å². The quantitative estimate of drug-likeness (QED) is 0.925. The summed E-state index contributed by atoms with van der Waals surface area (Å²) < 4.78 is 0. The van der Waals surface area contributed by atoms with E-state index in [1.165, 1.54) is 17.1 Å². The van der Waals surface area contributed by atoms with E-state index >= 15 is 0 Å². The van der Waals surface area contributed by atoms with Crippen LogP contribution < -0.4 is 5.73 Å². The molecule has 1 atom stereocenters. The average molecular weight is 281 g/mol. The van der Waals surface area contributed by atoms with Crippen LogP contribution in [0.5, 0.6) is 0 Å². The minimum absolute atomic E-state index is 0.0432. The lowest BCUT2D eigenvalue weighted by Gasteiger charge is -2.27. The molecule has 1 aliphatic rings. The maximum absolute atomic E-state index is 6.33. The van der Waals surface area contributed by atoms with Crippen molar-refractivity contribution in [3.63, 3.8) is 0 Å². The fourth-order valence-corrected chi connectivity index (χ4v) is 3.85. The second kappa shape index (κ2) is 5.51. The molecule has 2 rings (SSSR count). The normalized spacial score (nSPS) is 18.7. The van der Waals surface area contributed by atoms with Gasteiger partial charge in [-0.2, -0.15) is 0 Å². The molecule has 2 heterocycles. The van der Waals surface area contributed by atoms with Crippen molar-refractivity contribution in [1.82, 2.24) is 9.88 Å². The molecular weight excluding hydrogens is 254 g/mol. The highest BCUT2D eigenvalue weighted by Crippen LogP contribution is 2.35. The Morgan fingerprint density at radius 3 is 2.63 bits per heavy atom. The molecule has 2 N–H and O–H groups in total. The summed E-state index contributed by atoms with van der Waals surface area (Å²) in [7, 11) is 0. The van der Waals surface area contributed by atoms with Crippen LogP contribution in [-0.4, -0.2) is 23.0 Å². The zero-order chi connectivity index (χ0) is 14.2. The molecule has 0 saturated heterocycles. The van der Waals surface area contributed by atoms with Crippen molar-refractivity contribution in [1.29, 1.82) is 0 Å². The largest absolute Gasteiger partial charge is 0.322 e. The standard InChI is InChI=1S/C15H27N3S/c1-10(2)8-18-7-6-11-12(9-18)19-14(17-11)13(16)15(3,4)5/h10,13H,6-9,16H2,1-5H3. The first-order valence-corrected chi connectivity index (χ1v) is 8.05. The van der Waals surface area contributed by atoms with Crippen molar-refractivity contribution in [2.24, 2.45) is 17.1 Å². The van der Waals surface area contributed by atoms with Gasteiger partial charge >= 0.3 is 0 Å². The van der Waals surface area contributed by atoms with Crippen LogP contribution in [0.15, 0.2) is 0 Å². The molecule has 0 bridgehead atoms. The molecule has 1 aliphatic heterocycles. The minimum Gasteiger partial charge on any atom is -0.322 e. The van der Waals surface area contributed by atoms with Crippen molar-refractivity contribution in [3.05, 3.63) is 15.6 Å². The zero-order valence-corrected chi connectivity index (χ0v) is 13.7. The monoisotopic (exact) mass is 281 g/mol. The molecule has 0 spiro atoms. The zero-order valence-electron chi connectivity index (χ0n) is 12.9. The smallest absolute Gasteiger partial charge is 0.110 e. The number of hydrogen-bond donors (Lipinski definition) is 1. The molecule has 0 radical (unpaired) electrons. The van der Waals surface area contributed by atoms with Crippen LogP contribution in [0.25, 0.3) is 0 Å². The van der Waals surface area contributed by atoms with Crippen LogP contribution in [0, 0.1) is 11.3 Å². The lowest BCUT2D eigenvalue weighted by Crippen LogP contribution is -2.32. The van der Waals surface area contributed by atoms with E-state index in [0.717, 1.165) is 30.4 Å². The number of nitrogens with two attached hydrogens (primary N) is 1. The number of fused-ring (bicyclic) bond motifs is 1. The first-order valence-electron chi connectivity index (χ1n) is 7.23. The Labute approximate surface area is 121 Å². The van der Waals surface area contributed by atoms with Gasteiger partial charge in [-0.05, 0) is 11.3 Å². The highest BCUT2D eigenvalue weighted by molar-refractivity contribution is 7.11. The molecule has 0 saturated carbocycles. The fraction of sp³-hybridized carbons (Fsp3) is 0.800. The maximum Gasteiger partial charge on any atom is 0.110 e. The average Bonchev–Trinajstić information content (AvgIpc) is 2.68.